The highest BCUT2D eigenvalue weighted by atomic mass is 32.2. The van der Waals surface area contributed by atoms with E-state index < -0.39 is 5.60 Å². The van der Waals surface area contributed by atoms with Crippen LogP contribution in [-0.4, -0.2) is 41.0 Å². The minimum absolute atomic E-state index is 0.330. The molecular formula is C11H21NO2S. The highest BCUT2D eigenvalue weighted by molar-refractivity contribution is 8.00. The smallest absolute Gasteiger partial charge is 0.0887 e. The van der Waals surface area contributed by atoms with Crippen LogP contribution in [0.15, 0.2) is 0 Å². The largest absolute Gasteiger partial charge is 0.387 e. The van der Waals surface area contributed by atoms with E-state index >= 15 is 0 Å². The van der Waals surface area contributed by atoms with Crippen LogP contribution in [0.25, 0.3) is 0 Å². The van der Waals surface area contributed by atoms with Gasteiger partial charge in [-0.15, -0.1) is 0 Å². The Kier molecular flexibility index (Phi) is 3.60. The second-order valence-corrected chi connectivity index (χ2v) is 6.02. The SMILES string of the molecule is CC1OCCC1SCC(O)(CN)C1CC1. The normalized spacial score (nSPS) is 35.4. The van der Waals surface area contributed by atoms with Crippen molar-refractivity contribution < 1.29 is 9.84 Å². The molecule has 15 heavy (non-hydrogen) atoms. The average molecular weight is 231 g/mol. The summed E-state index contributed by atoms with van der Waals surface area (Å²) in [6.07, 6.45) is 3.73. The molecular weight excluding hydrogens is 210 g/mol. The molecule has 1 heterocycles. The fraction of sp³-hybridized carbons (Fsp3) is 1.00. The van der Waals surface area contributed by atoms with E-state index in [1.165, 1.54) is 0 Å². The van der Waals surface area contributed by atoms with Gasteiger partial charge in [-0.25, -0.2) is 0 Å². The molecule has 2 aliphatic rings. The number of ether oxygens (including phenoxy) is 1. The summed E-state index contributed by atoms with van der Waals surface area (Å²) in [6.45, 7) is 3.37. The first-order chi connectivity index (χ1) is 7.15. The van der Waals surface area contributed by atoms with Crippen molar-refractivity contribution in [2.24, 2.45) is 11.7 Å². The molecule has 0 bridgehead atoms. The van der Waals surface area contributed by atoms with E-state index in [2.05, 4.69) is 6.92 Å². The molecule has 3 unspecified atom stereocenters. The van der Waals surface area contributed by atoms with Crippen LogP contribution in [0.2, 0.25) is 0 Å². The van der Waals surface area contributed by atoms with E-state index in [1.807, 2.05) is 11.8 Å². The lowest BCUT2D eigenvalue weighted by atomic mass is 10.0. The number of hydrogen-bond acceptors (Lipinski definition) is 4. The quantitative estimate of drug-likeness (QED) is 0.741. The molecule has 0 amide bonds. The Hall–Kier alpha value is 0.230. The molecule has 1 saturated heterocycles. The van der Waals surface area contributed by atoms with Gasteiger partial charge in [0.15, 0.2) is 0 Å². The van der Waals surface area contributed by atoms with Gasteiger partial charge in [0.25, 0.3) is 0 Å². The first-order valence-corrected chi connectivity index (χ1v) is 6.86. The summed E-state index contributed by atoms with van der Waals surface area (Å²) in [5.74, 6) is 1.22. The topological polar surface area (TPSA) is 55.5 Å². The maximum absolute atomic E-state index is 10.3. The average Bonchev–Trinajstić information content (AvgIpc) is 3.01. The Morgan fingerprint density at radius 1 is 1.47 bits per heavy atom. The number of rotatable bonds is 5. The fourth-order valence-corrected chi connectivity index (χ4v) is 3.62. The molecule has 0 aromatic heterocycles. The predicted octanol–water partition coefficient (Wildman–Crippen LogP) is 0.997. The van der Waals surface area contributed by atoms with E-state index in [0.29, 0.717) is 23.8 Å². The van der Waals surface area contributed by atoms with Crippen LogP contribution in [0.4, 0.5) is 0 Å². The Morgan fingerprint density at radius 3 is 2.67 bits per heavy atom. The zero-order valence-electron chi connectivity index (χ0n) is 9.32. The lowest BCUT2D eigenvalue weighted by Crippen LogP contribution is -2.43. The standard InChI is InChI=1S/C11H21NO2S/c1-8-10(4-5-14-8)15-7-11(13,6-12)9-2-3-9/h8-10,13H,2-7,12H2,1H3. The zero-order chi connectivity index (χ0) is 10.9. The molecule has 3 N–H and O–H groups in total. The monoisotopic (exact) mass is 231 g/mol. The summed E-state index contributed by atoms with van der Waals surface area (Å²) in [5.41, 5.74) is 5.05. The van der Waals surface area contributed by atoms with Crippen molar-refractivity contribution in [1.82, 2.24) is 0 Å². The van der Waals surface area contributed by atoms with Gasteiger partial charge >= 0.3 is 0 Å². The van der Waals surface area contributed by atoms with Crippen LogP contribution in [0.5, 0.6) is 0 Å². The van der Waals surface area contributed by atoms with E-state index in [9.17, 15) is 5.11 Å². The molecule has 2 fully saturated rings. The van der Waals surface area contributed by atoms with Crippen molar-refractivity contribution in [2.45, 2.75) is 43.1 Å². The van der Waals surface area contributed by atoms with Crippen molar-refractivity contribution in [1.29, 1.82) is 0 Å². The molecule has 1 saturated carbocycles. The molecule has 1 aliphatic heterocycles. The van der Waals surface area contributed by atoms with E-state index in [0.717, 1.165) is 31.6 Å². The van der Waals surface area contributed by atoms with Gasteiger partial charge in [0, 0.05) is 24.2 Å². The summed E-state index contributed by atoms with van der Waals surface area (Å²) in [7, 11) is 0. The number of hydrogen-bond donors (Lipinski definition) is 2. The third-order valence-electron chi connectivity index (χ3n) is 3.54. The van der Waals surface area contributed by atoms with Gasteiger partial charge in [0.1, 0.15) is 0 Å². The second-order valence-electron chi connectivity index (χ2n) is 4.80. The van der Waals surface area contributed by atoms with Gasteiger partial charge in [-0.05, 0) is 32.1 Å². The predicted molar refractivity (Wildman–Crippen MR) is 63.0 cm³/mol. The fourth-order valence-electron chi connectivity index (χ4n) is 2.15. The van der Waals surface area contributed by atoms with Crippen molar-refractivity contribution in [2.75, 3.05) is 18.9 Å². The molecule has 0 aromatic rings. The number of aliphatic hydroxyl groups is 1. The van der Waals surface area contributed by atoms with E-state index in [4.69, 9.17) is 10.5 Å². The van der Waals surface area contributed by atoms with Crippen molar-refractivity contribution >= 4 is 11.8 Å². The molecule has 0 radical (unpaired) electrons. The number of thioether (sulfide) groups is 1. The van der Waals surface area contributed by atoms with Crippen molar-refractivity contribution in [3.8, 4) is 0 Å². The molecule has 3 nitrogen and oxygen atoms in total. The van der Waals surface area contributed by atoms with Gasteiger partial charge in [-0.2, -0.15) is 11.8 Å². The first-order valence-electron chi connectivity index (χ1n) is 5.81. The molecule has 0 spiro atoms. The minimum atomic E-state index is -0.618. The van der Waals surface area contributed by atoms with E-state index in [-0.39, 0.29) is 0 Å². The third kappa shape index (κ3) is 2.67. The van der Waals surface area contributed by atoms with Crippen LogP contribution in [0.1, 0.15) is 26.2 Å². The zero-order valence-corrected chi connectivity index (χ0v) is 10.1. The van der Waals surface area contributed by atoms with Crippen LogP contribution in [-0.2, 0) is 4.74 Å². The van der Waals surface area contributed by atoms with Gasteiger partial charge < -0.3 is 15.6 Å². The van der Waals surface area contributed by atoms with E-state index in [1.54, 1.807) is 0 Å². The Bertz CT molecular complexity index is 223. The third-order valence-corrected chi connectivity index (χ3v) is 5.26. The molecule has 2 rings (SSSR count). The molecule has 3 atom stereocenters. The summed E-state index contributed by atoms with van der Waals surface area (Å²) in [5, 5.41) is 10.9. The van der Waals surface area contributed by atoms with Gasteiger partial charge in [-0.3, -0.25) is 0 Å². The van der Waals surface area contributed by atoms with Crippen LogP contribution < -0.4 is 5.73 Å². The molecule has 0 aromatic carbocycles. The van der Waals surface area contributed by atoms with Crippen LogP contribution >= 0.6 is 11.8 Å². The summed E-state index contributed by atoms with van der Waals surface area (Å²) in [4.78, 5) is 0. The van der Waals surface area contributed by atoms with Gasteiger partial charge in [0.2, 0.25) is 0 Å². The van der Waals surface area contributed by atoms with Gasteiger partial charge in [0.05, 0.1) is 11.7 Å². The minimum Gasteiger partial charge on any atom is -0.387 e. The summed E-state index contributed by atoms with van der Waals surface area (Å²) >= 11 is 1.84. The second kappa shape index (κ2) is 4.62. The Balaban J connectivity index is 1.80. The highest BCUT2D eigenvalue weighted by Crippen LogP contribution is 2.42. The van der Waals surface area contributed by atoms with Crippen molar-refractivity contribution in [3.05, 3.63) is 0 Å². The molecule has 4 heteroatoms. The highest BCUT2D eigenvalue weighted by Gasteiger charge is 2.43. The Morgan fingerprint density at radius 2 is 2.20 bits per heavy atom. The summed E-state index contributed by atoms with van der Waals surface area (Å²) < 4.78 is 5.51. The maximum Gasteiger partial charge on any atom is 0.0887 e. The maximum atomic E-state index is 10.3. The first kappa shape index (κ1) is 11.7. The number of nitrogens with two attached hydrogens (primary N) is 1. The summed E-state index contributed by atoms with van der Waals surface area (Å²) in [6, 6.07) is 0. The molecule has 88 valence electrons. The van der Waals surface area contributed by atoms with Crippen LogP contribution in [0, 0.1) is 5.92 Å². The Labute approximate surface area is 95.7 Å². The lowest BCUT2D eigenvalue weighted by molar-refractivity contribution is 0.0507. The molecule has 1 aliphatic carbocycles. The lowest BCUT2D eigenvalue weighted by Gasteiger charge is -2.28. The van der Waals surface area contributed by atoms with Gasteiger partial charge in [-0.1, -0.05) is 0 Å². The van der Waals surface area contributed by atoms with Crippen molar-refractivity contribution in [3.63, 3.8) is 0 Å². The van der Waals surface area contributed by atoms with Crippen LogP contribution in [0.3, 0.4) is 0 Å².